The molecule has 0 saturated heterocycles. The van der Waals surface area contributed by atoms with Gasteiger partial charge in [-0.05, 0) is 19.0 Å². The highest BCUT2D eigenvalue weighted by atomic mass is 14.9. The van der Waals surface area contributed by atoms with Crippen molar-refractivity contribution in [1.82, 2.24) is 5.32 Å². The summed E-state index contributed by atoms with van der Waals surface area (Å²) in [6, 6.07) is 0.528. The second kappa shape index (κ2) is 3.42. The molecule has 0 amide bonds. The summed E-state index contributed by atoms with van der Waals surface area (Å²) in [5.74, 6) is 0. The van der Waals surface area contributed by atoms with Gasteiger partial charge in [0.05, 0.1) is 0 Å². The molecule has 0 radical (unpaired) electrons. The standard InChI is InChI=1S/C8H14N2/c1-2-3-4-10-8-5-7(9)6-8/h2,5,8,10H,1,3-4,6,9H2. The Morgan fingerprint density at radius 2 is 2.60 bits per heavy atom. The Balaban J connectivity index is 2.01. The van der Waals surface area contributed by atoms with Crippen LogP contribution in [0, 0.1) is 0 Å². The van der Waals surface area contributed by atoms with Gasteiger partial charge >= 0.3 is 0 Å². The van der Waals surface area contributed by atoms with Gasteiger partial charge in [-0.1, -0.05) is 6.08 Å². The van der Waals surface area contributed by atoms with Crippen LogP contribution in [0.2, 0.25) is 0 Å². The maximum atomic E-state index is 5.47. The first-order chi connectivity index (χ1) is 4.83. The van der Waals surface area contributed by atoms with Crippen molar-refractivity contribution in [3.63, 3.8) is 0 Å². The van der Waals surface area contributed by atoms with Crippen molar-refractivity contribution < 1.29 is 0 Å². The third-order valence-corrected chi connectivity index (χ3v) is 1.63. The fourth-order valence-electron chi connectivity index (χ4n) is 0.981. The Hall–Kier alpha value is -0.760. The van der Waals surface area contributed by atoms with Gasteiger partial charge in [0.15, 0.2) is 0 Å². The molecular weight excluding hydrogens is 124 g/mol. The van der Waals surface area contributed by atoms with Gasteiger partial charge in [-0.2, -0.15) is 0 Å². The van der Waals surface area contributed by atoms with E-state index in [2.05, 4.69) is 18.0 Å². The van der Waals surface area contributed by atoms with E-state index in [0.29, 0.717) is 6.04 Å². The van der Waals surface area contributed by atoms with Gasteiger partial charge in [-0.25, -0.2) is 0 Å². The number of nitrogens with two attached hydrogens (primary N) is 1. The van der Waals surface area contributed by atoms with E-state index in [1.165, 1.54) is 0 Å². The molecule has 0 bridgehead atoms. The fourth-order valence-corrected chi connectivity index (χ4v) is 0.981. The van der Waals surface area contributed by atoms with Crippen LogP contribution in [0.3, 0.4) is 0 Å². The topological polar surface area (TPSA) is 38.0 Å². The molecule has 2 nitrogen and oxygen atoms in total. The summed E-state index contributed by atoms with van der Waals surface area (Å²) in [6.07, 6.45) is 6.02. The van der Waals surface area contributed by atoms with Crippen LogP contribution in [-0.4, -0.2) is 12.6 Å². The number of nitrogens with one attached hydrogen (secondary N) is 1. The Labute approximate surface area is 61.8 Å². The number of rotatable bonds is 4. The van der Waals surface area contributed by atoms with Crippen molar-refractivity contribution in [1.29, 1.82) is 0 Å². The molecule has 0 saturated carbocycles. The van der Waals surface area contributed by atoms with Crippen molar-refractivity contribution >= 4 is 0 Å². The normalized spacial score (nSPS) is 23.2. The zero-order valence-corrected chi connectivity index (χ0v) is 6.14. The monoisotopic (exact) mass is 138 g/mol. The van der Waals surface area contributed by atoms with Crippen LogP contribution in [-0.2, 0) is 0 Å². The molecule has 1 aliphatic rings. The first kappa shape index (κ1) is 7.35. The lowest BCUT2D eigenvalue weighted by atomic mass is 10.0. The van der Waals surface area contributed by atoms with Crippen molar-refractivity contribution in [2.75, 3.05) is 6.54 Å². The molecule has 1 aliphatic carbocycles. The first-order valence-corrected chi connectivity index (χ1v) is 3.63. The minimum absolute atomic E-state index is 0.528. The summed E-state index contributed by atoms with van der Waals surface area (Å²) >= 11 is 0. The third kappa shape index (κ3) is 1.88. The van der Waals surface area contributed by atoms with Gasteiger partial charge in [-0.3, -0.25) is 0 Å². The maximum Gasteiger partial charge on any atom is 0.0324 e. The van der Waals surface area contributed by atoms with Gasteiger partial charge in [-0.15, -0.1) is 6.58 Å². The molecule has 0 aromatic carbocycles. The number of hydrogen-bond acceptors (Lipinski definition) is 2. The van der Waals surface area contributed by atoms with Crippen LogP contribution >= 0.6 is 0 Å². The molecule has 10 heavy (non-hydrogen) atoms. The van der Waals surface area contributed by atoms with Gasteiger partial charge in [0.2, 0.25) is 0 Å². The summed E-state index contributed by atoms with van der Waals surface area (Å²) < 4.78 is 0. The van der Waals surface area contributed by atoms with Crippen LogP contribution in [0.1, 0.15) is 12.8 Å². The SMILES string of the molecule is C=CCCNC1C=C(N)C1. The minimum atomic E-state index is 0.528. The predicted octanol–water partition coefficient (Wildman–Crippen LogP) is 0.767. The van der Waals surface area contributed by atoms with Gasteiger partial charge in [0, 0.05) is 18.2 Å². The Kier molecular flexibility index (Phi) is 2.51. The molecule has 0 fully saturated rings. The van der Waals surface area contributed by atoms with Crippen molar-refractivity contribution in [3.05, 3.63) is 24.4 Å². The lowest BCUT2D eigenvalue weighted by Gasteiger charge is -2.23. The van der Waals surface area contributed by atoms with Gasteiger partial charge in [0.1, 0.15) is 0 Å². The predicted molar refractivity (Wildman–Crippen MR) is 43.5 cm³/mol. The van der Waals surface area contributed by atoms with E-state index in [9.17, 15) is 0 Å². The van der Waals surface area contributed by atoms with Crippen molar-refractivity contribution in [2.45, 2.75) is 18.9 Å². The van der Waals surface area contributed by atoms with Crippen molar-refractivity contribution in [3.8, 4) is 0 Å². The first-order valence-electron chi connectivity index (χ1n) is 3.63. The van der Waals surface area contributed by atoms with Crippen LogP contribution in [0.4, 0.5) is 0 Å². The molecule has 1 rings (SSSR count). The van der Waals surface area contributed by atoms with Gasteiger partial charge < -0.3 is 11.1 Å². The average molecular weight is 138 g/mol. The Morgan fingerprint density at radius 3 is 3.10 bits per heavy atom. The average Bonchev–Trinajstić information content (AvgIpc) is 1.85. The zero-order chi connectivity index (χ0) is 7.40. The zero-order valence-electron chi connectivity index (χ0n) is 6.14. The van der Waals surface area contributed by atoms with E-state index in [-0.39, 0.29) is 0 Å². The van der Waals surface area contributed by atoms with Gasteiger partial charge in [0.25, 0.3) is 0 Å². The molecule has 1 atom stereocenters. The third-order valence-electron chi connectivity index (χ3n) is 1.63. The Morgan fingerprint density at radius 1 is 1.90 bits per heavy atom. The molecule has 0 aromatic rings. The summed E-state index contributed by atoms with van der Waals surface area (Å²) in [4.78, 5) is 0. The molecule has 3 N–H and O–H groups in total. The molecule has 56 valence electrons. The Bertz CT molecular complexity index is 149. The molecule has 2 heteroatoms. The quantitative estimate of drug-likeness (QED) is 0.445. The molecule has 0 aliphatic heterocycles. The van der Waals surface area contributed by atoms with Crippen LogP contribution < -0.4 is 11.1 Å². The smallest absolute Gasteiger partial charge is 0.0324 e. The summed E-state index contributed by atoms with van der Waals surface area (Å²) in [6.45, 7) is 4.65. The highest BCUT2D eigenvalue weighted by Gasteiger charge is 2.14. The van der Waals surface area contributed by atoms with E-state index in [1.807, 2.05) is 6.08 Å². The highest BCUT2D eigenvalue weighted by molar-refractivity contribution is 5.16. The molecule has 0 spiro atoms. The minimum Gasteiger partial charge on any atom is -0.402 e. The molecule has 0 aromatic heterocycles. The van der Waals surface area contributed by atoms with Crippen LogP contribution in [0.15, 0.2) is 24.4 Å². The summed E-state index contributed by atoms with van der Waals surface area (Å²) in [5, 5.41) is 3.32. The second-order valence-electron chi connectivity index (χ2n) is 2.58. The largest absolute Gasteiger partial charge is 0.402 e. The lowest BCUT2D eigenvalue weighted by molar-refractivity contribution is 0.548. The molecule has 0 heterocycles. The highest BCUT2D eigenvalue weighted by Crippen LogP contribution is 2.12. The molecular formula is C8H14N2. The van der Waals surface area contributed by atoms with E-state index >= 15 is 0 Å². The summed E-state index contributed by atoms with van der Waals surface area (Å²) in [5.41, 5.74) is 6.48. The number of hydrogen-bond donors (Lipinski definition) is 2. The van der Waals surface area contributed by atoms with E-state index in [4.69, 9.17) is 5.73 Å². The van der Waals surface area contributed by atoms with Crippen molar-refractivity contribution in [2.24, 2.45) is 5.73 Å². The van der Waals surface area contributed by atoms with Crippen LogP contribution in [0.25, 0.3) is 0 Å². The van der Waals surface area contributed by atoms with E-state index < -0.39 is 0 Å². The maximum absolute atomic E-state index is 5.47. The summed E-state index contributed by atoms with van der Waals surface area (Å²) in [7, 11) is 0. The lowest BCUT2D eigenvalue weighted by Crippen LogP contribution is -2.36. The van der Waals surface area contributed by atoms with E-state index in [0.717, 1.165) is 25.1 Å². The van der Waals surface area contributed by atoms with E-state index in [1.54, 1.807) is 0 Å². The van der Waals surface area contributed by atoms with Crippen LogP contribution in [0.5, 0.6) is 0 Å². The fraction of sp³-hybridized carbons (Fsp3) is 0.500. The molecule has 1 unspecified atom stereocenters. The second-order valence-corrected chi connectivity index (χ2v) is 2.58.